The summed E-state index contributed by atoms with van der Waals surface area (Å²) in [5.74, 6) is 0.780. The van der Waals surface area contributed by atoms with Crippen molar-refractivity contribution in [2.75, 3.05) is 0 Å². The van der Waals surface area contributed by atoms with E-state index >= 15 is 0 Å². The molecule has 2 rings (SSSR count). The van der Waals surface area contributed by atoms with Crippen LogP contribution in [-0.2, 0) is 4.79 Å². The number of carbonyl (C=O) groups is 1. The van der Waals surface area contributed by atoms with Crippen LogP contribution in [0.1, 0.15) is 69.0 Å². The van der Waals surface area contributed by atoms with E-state index in [1.807, 2.05) is 6.92 Å². The average Bonchev–Trinajstić information content (AvgIpc) is 2.39. The Labute approximate surface area is 110 Å². The van der Waals surface area contributed by atoms with Gasteiger partial charge in [0.25, 0.3) is 0 Å². The van der Waals surface area contributed by atoms with Crippen molar-refractivity contribution in [2.24, 2.45) is 0 Å². The summed E-state index contributed by atoms with van der Waals surface area (Å²) < 4.78 is 0. The molecule has 1 atom stereocenters. The highest BCUT2D eigenvalue weighted by molar-refractivity contribution is 5.73. The summed E-state index contributed by atoms with van der Waals surface area (Å²) >= 11 is 0. The van der Waals surface area contributed by atoms with Crippen LogP contribution in [0.25, 0.3) is 0 Å². The van der Waals surface area contributed by atoms with E-state index < -0.39 is 0 Å². The van der Waals surface area contributed by atoms with Crippen LogP contribution >= 0.6 is 0 Å². The summed E-state index contributed by atoms with van der Waals surface area (Å²) in [6.07, 6.45) is 6.80. The molecule has 0 spiro atoms. The summed E-state index contributed by atoms with van der Waals surface area (Å²) in [6, 6.07) is 8.89. The maximum absolute atomic E-state index is 11.0. The van der Waals surface area contributed by atoms with Gasteiger partial charge in [0.1, 0.15) is 0 Å². The summed E-state index contributed by atoms with van der Waals surface area (Å²) in [6.45, 7) is 3.59. The largest absolute Gasteiger partial charge is 0.350 e. The first-order valence-electron chi connectivity index (χ1n) is 7.04. The molecule has 1 fully saturated rings. The molecule has 98 valence electrons. The number of amides is 1. The van der Waals surface area contributed by atoms with E-state index in [1.54, 1.807) is 6.92 Å². The molecule has 1 amide bonds. The van der Waals surface area contributed by atoms with Crippen LogP contribution in [0.5, 0.6) is 0 Å². The molecule has 2 heteroatoms. The number of carbonyl (C=O) groups excluding carboxylic acids is 1. The van der Waals surface area contributed by atoms with Crippen molar-refractivity contribution < 1.29 is 4.79 Å². The summed E-state index contributed by atoms with van der Waals surface area (Å²) in [5, 5.41) is 2.92. The van der Waals surface area contributed by atoms with Gasteiger partial charge in [-0.1, -0.05) is 43.5 Å². The van der Waals surface area contributed by atoms with E-state index in [2.05, 4.69) is 29.6 Å². The second-order valence-corrected chi connectivity index (χ2v) is 5.42. The van der Waals surface area contributed by atoms with Crippen LogP contribution in [0, 0.1) is 0 Å². The number of hydrogen-bond donors (Lipinski definition) is 1. The smallest absolute Gasteiger partial charge is 0.217 e. The first kappa shape index (κ1) is 13.1. The first-order chi connectivity index (χ1) is 8.66. The predicted molar refractivity (Wildman–Crippen MR) is 74.5 cm³/mol. The topological polar surface area (TPSA) is 29.1 Å². The molecule has 1 aliphatic rings. The molecule has 1 N–H and O–H groups in total. The highest BCUT2D eigenvalue weighted by atomic mass is 16.1. The Hall–Kier alpha value is -1.31. The summed E-state index contributed by atoms with van der Waals surface area (Å²) in [5.41, 5.74) is 2.65. The van der Waals surface area contributed by atoms with Crippen molar-refractivity contribution >= 4 is 5.91 Å². The number of nitrogens with one attached hydrogen (secondary N) is 1. The molecule has 0 unspecified atom stereocenters. The van der Waals surface area contributed by atoms with Crippen LogP contribution in [0.15, 0.2) is 24.3 Å². The lowest BCUT2D eigenvalue weighted by Gasteiger charge is -2.22. The van der Waals surface area contributed by atoms with Crippen molar-refractivity contribution in [3.05, 3.63) is 35.4 Å². The van der Waals surface area contributed by atoms with Crippen LogP contribution < -0.4 is 5.32 Å². The maximum atomic E-state index is 11.0. The second-order valence-electron chi connectivity index (χ2n) is 5.42. The molecule has 1 saturated carbocycles. The molecular weight excluding hydrogens is 222 g/mol. The Kier molecular flexibility index (Phi) is 4.40. The highest BCUT2D eigenvalue weighted by Crippen LogP contribution is 2.32. The van der Waals surface area contributed by atoms with Crippen molar-refractivity contribution in [1.82, 2.24) is 5.32 Å². The van der Waals surface area contributed by atoms with E-state index in [4.69, 9.17) is 0 Å². The van der Waals surface area contributed by atoms with E-state index in [9.17, 15) is 4.79 Å². The van der Waals surface area contributed by atoms with Crippen molar-refractivity contribution in [3.63, 3.8) is 0 Å². The SMILES string of the molecule is CC(=O)N[C@@H](C)c1ccc(C2CCCCC2)cc1. The second kappa shape index (κ2) is 6.03. The number of hydrogen-bond acceptors (Lipinski definition) is 1. The highest BCUT2D eigenvalue weighted by Gasteiger charge is 2.15. The van der Waals surface area contributed by atoms with Gasteiger partial charge in [0.15, 0.2) is 0 Å². The fourth-order valence-corrected chi connectivity index (χ4v) is 2.88. The van der Waals surface area contributed by atoms with Gasteiger partial charge in [0, 0.05) is 6.92 Å². The molecular formula is C16H23NO. The van der Waals surface area contributed by atoms with E-state index in [-0.39, 0.29) is 11.9 Å². The fourth-order valence-electron chi connectivity index (χ4n) is 2.88. The Morgan fingerprint density at radius 3 is 2.33 bits per heavy atom. The van der Waals surface area contributed by atoms with Gasteiger partial charge in [0.2, 0.25) is 5.91 Å². The molecule has 1 aliphatic carbocycles. The third-order valence-corrected chi connectivity index (χ3v) is 3.93. The molecule has 0 saturated heterocycles. The predicted octanol–water partition coefficient (Wildman–Crippen LogP) is 3.93. The molecule has 0 bridgehead atoms. The van der Waals surface area contributed by atoms with Gasteiger partial charge in [0.05, 0.1) is 6.04 Å². The van der Waals surface area contributed by atoms with Gasteiger partial charge in [-0.3, -0.25) is 4.79 Å². The zero-order chi connectivity index (χ0) is 13.0. The summed E-state index contributed by atoms with van der Waals surface area (Å²) in [7, 11) is 0. The Bertz CT molecular complexity index is 390. The Balaban J connectivity index is 2.02. The zero-order valence-corrected chi connectivity index (χ0v) is 11.4. The standard InChI is InChI=1S/C16H23NO/c1-12(17-13(2)18)14-8-10-16(11-9-14)15-6-4-3-5-7-15/h8-12,15H,3-7H2,1-2H3,(H,17,18)/t12-/m0/s1. The third-order valence-electron chi connectivity index (χ3n) is 3.93. The molecule has 0 radical (unpaired) electrons. The van der Waals surface area contributed by atoms with Crippen LogP contribution in [0.3, 0.4) is 0 Å². The lowest BCUT2D eigenvalue weighted by atomic mass is 9.84. The molecule has 2 nitrogen and oxygen atoms in total. The third kappa shape index (κ3) is 3.34. The van der Waals surface area contributed by atoms with Gasteiger partial charge in [-0.15, -0.1) is 0 Å². The van der Waals surface area contributed by atoms with Crippen molar-refractivity contribution in [1.29, 1.82) is 0 Å². The van der Waals surface area contributed by atoms with E-state index in [0.717, 1.165) is 5.92 Å². The van der Waals surface area contributed by atoms with Crippen molar-refractivity contribution in [3.8, 4) is 0 Å². The van der Waals surface area contributed by atoms with Gasteiger partial charge in [-0.25, -0.2) is 0 Å². The van der Waals surface area contributed by atoms with E-state index in [1.165, 1.54) is 43.2 Å². The molecule has 0 aromatic heterocycles. The Morgan fingerprint density at radius 2 is 1.78 bits per heavy atom. The summed E-state index contributed by atoms with van der Waals surface area (Å²) in [4.78, 5) is 11.0. The lowest BCUT2D eigenvalue weighted by Crippen LogP contribution is -2.23. The monoisotopic (exact) mass is 245 g/mol. The minimum Gasteiger partial charge on any atom is -0.350 e. The van der Waals surface area contributed by atoms with Crippen LogP contribution in [0.4, 0.5) is 0 Å². The Morgan fingerprint density at radius 1 is 1.17 bits per heavy atom. The van der Waals surface area contributed by atoms with Gasteiger partial charge in [-0.05, 0) is 36.8 Å². The molecule has 0 heterocycles. The number of rotatable bonds is 3. The van der Waals surface area contributed by atoms with Crippen molar-refractivity contribution in [2.45, 2.75) is 57.9 Å². The van der Waals surface area contributed by atoms with Gasteiger partial charge < -0.3 is 5.32 Å². The zero-order valence-electron chi connectivity index (χ0n) is 11.4. The minimum atomic E-state index is 0.0267. The van der Waals surface area contributed by atoms with E-state index in [0.29, 0.717) is 0 Å². The molecule has 1 aromatic carbocycles. The quantitative estimate of drug-likeness (QED) is 0.859. The average molecular weight is 245 g/mol. The minimum absolute atomic E-state index is 0.0267. The lowest BCUT2D eigenvalue weighted by molar-refractivity contribution is -0.119. The van der Waals surface area contributed by atoms with Gasteiger partial charge in [-0.2, -0.15) is 0 Å². The molecule has 18 heavy (non-hydrogen) atoms. The fraction of sp³-hybridized carbons (Fsp3) is 0.562. The van der Waals surface area contributed by atoms with Crippen LogP contribution in [-0.4, -0.2) is 5.91 Å². The van der Waals surface area contributed by atoms with Crippen LogP contribution in [0.2, 0.25) is 0 Å². The van der Waals surface area contributed by atoms with Gasteiger partial charge >= 0.3 is 0 Å². The number of benzene rings is 1. The normalized spacial score (nSPS) is 18.3. The maximum Gasteiger partial charge on any atom is 0.217 e. The molecule has 0 aliphatic heterocycles. The molecule has 1 aromatic rings. The first-order valence-corrected chi connectivity index (χ1v) is 7.04.